The summed E-state index contributed by atoms with van der Waals surface area (Å²) in [4.78, 5) is 13.8. The highest BCUT2D eigenvalue weighted by Gasteiger charge is 2.45. The second-order valence-electron chi connectivity index (χ2n) is 7.50. The Balaban J connectivity index is 1.51. The van der Waals surface area contributed by atoms with Crippen LogP contribution in [0, 0.1) is 11.8 Å². The molecule has 4 rings (SSSR count). The maximum absolute atomic E-state index is 11.6. The first-order valence-corrected chi connectivity index (χ1v) is 8.70. The minimum atomic E-state index is -0.669. The van der Waals surface area contributed by atoms with Gasteiger partial charge >= 0.3 is 5.97 Å². The first kappa shape index (κ1) is 14.3. The lowest BCUT2D eigenvalue weighted by molar-refractivity contribution is -0.143. The average Bonchev–Trinajstić information content (AvgIpc) is 2.94. The van der Waals surface area contributed by atoms with Gasteiger partial charge in [0.2, 0.25) is 0 Å². The predicted octanol–water partition coefficient (Wildman–Crippen LogP) is 3.62. The third kappa shape index (κ3) is 2.47. The van der Waals surface area contributed by atoms with Crippen LogP contribution in [0.2, 0.25) is 0 Å². The van der Waals surface area contributed by atoms with Crippen molar-refractivity contribution in [3.05, 3.63) is 23.7 Å². The lowest BCUT2D eigenvalue weighted by Crippen LogP contribution is -2.41. The summed E-state index contributed by atoms with van der Waals surface area (Å²) in [5.41, 5.74) is 0. The van der Waals surface area contributed by atoms with Gasteiger partial charge in [-0.15, -0.1) is 0 Å². The summed E-state index contributed by atoms with van der Waals surface area (Å²) in [7, 11) is 0. The van der Waals surface area contributed by atoms with Crippen molar-refractivity contribution in [1.82, 2.24) is 4.90 Å². The van der Waals surface area contributed by atoms with Crippen LogP contribution in [0.4, 0.5) is 0 Å². The van der Waals surface area contributed by atoms with Crippen LogP contribution in [0.25, 0.3) is 0 Å². The molecule has 2 saturated carbocycles. The number of rotatable bonds is 4. The molecule has 4 nitrogen and oxygen atoms in total. The first-order chi connectivity index (χ1) is 10.6. The van der Waals surface area contributed by atoms with Crippen LogP contribution in [-0.2, 0) is 11.3 Å². The third-order valence-corrected chi connectivity index (χ3v) is 6.00. The van der Waals surface area contributed by atoms with E-state index in [4.69, 9.17) is 4.42 Å². The van der Waals surface area contributed by atoms with Gasteiger partial charge in [-0.25, -0.2) is 0 Å². The summed E-state index contributed by atoms with van der Waals surface area (Å²) in [6, 6.07) is 4.24. The monoisotopic (exact) mass is 303 g/mol. The fourth-order valence-corrected chi connectivity index (χ4v) is 4.60. The Morgan fingerprint density at radius 3 is 2.82 bits per heavy atom. The fraction of sp³-hybridized carbons (Fsp3) is 0.722. The van der Waals surface area contributed by atoms with Gasteiger partial charge < -0.3 is 9.52 Å². The van der Waals surface area contributed by atoms with Crippen molar-refractivity contribution in [2.45, 2.75) is 70.0 Å². The minimum absolute atomic E-state index is 0.332. The van der Waals surface area contributed by atoms with Crippen LogP contribution in [0.1, 0.15) is 62.9 Å². The standard InChI is InChI=1S/C18H25NO3/c1-11-8-14(11)17-7-6-13(22-17)10-19-15-5-3-2-4-12(15)9-16(19)18(20)21/h6-7,11-12,14-16H,2-5,8-10H2,1H3,(H,20,21). The molecular formula is C18H25NO3. The second kappa shape index (κ2) is 5.41. The molecular weight excluding hydrogens is 278 g/mol. The zero-order valence-corrected chi connectivity index (χ0v) is 13.2. The number of aliphatic carboxylic acids is 1. The average molecular weight is 303 g/mol. The molecule has 1 aromatic rings. The topological polar surface area (TPSA) is 53.7 Å². The van der Waals surface area contributed by atoms with E-state index in [-0.39, 0.29) is 6.04 Å². The molecule has 1 aliphatic heterocycles. The Hall–Kier alpha value is -1.29. The molecule has 5 atom stereocenters. The van der Waals surface area contributed by atoms with Crippen LogP contribution in [0.5, 0.6) is 0 Å². The van der Waals surface area contributed by atoms with Gasteiger partial charge in [-0.05, 0) is 49.7 Å². The summed E-state index contributed by atoms with van der Waals surface area (Å²) in [5, 5.41) is 9.57. The molecule has 3 aliphatic rings. The quantitative estimate of drug-likeness (QED) is 0.923. The molecule has 120 valence electrons. The van der Waals surface area contributed by atoms with Crippen molar-refractivity contribution in [3.8, 4) is 0 Å². The normalized spacial score (nSPS) is 38.0. The van der Waals surface area contributed by atoms with E-state index in [1.807, 2.05) is 0 Å². The predicted molar refractivity (Wildman–Crippen MR) is 82.6 cm³/mol. The van der Waals surface area contributed by atoms with Gasteiger partial charge in [-0.3, -0.25) is 9.69 Å². The largest absolute Gasteiger partial charge is 0.480 e. The van der Waals surface area contributed by atoms with E-state index in [1.54, 1.807) is 0 Å². The Labute approximate surface area is 131 Å². The van der Waals surface area contributed by atoms with Crippen LogP contribution in [0.15, 0.2) is 16.5 Å². The second-order valence-corrected chi connectivity index (χ2v) is 7.50. The molecule has 0 spiro atoms. The summed E-state index contributed by atoms with van der Waals surface area (Å²) in [6.45, 7) is 2.90. The number of carbonyl (C=O) groups is 1. The Bertz CT molecular complexity index is 566. The maximum Gasteiger partial charge on any atom is 0.320 e. The Morgan fingerprint density at radius 2 is 2.09 bits per heavy atom. The highest BCUT2D eigenvalue weighted by Crippen LogP contribution is 2.47. The van der Waals surface area contributed by atoms with E-state index in [9.17, 15) is 9.90 Å². The van der Waals surface area contributed by atoms with E-state index in [0.717, 1.165) is 30.3 Å². The number of furan rings is 1. The SMILES string of the molecule is CC1CC1c1ccc(CN2C(C(=O)O)CC3CCCCC32)o1. The number of hydrogen-bond acceptors (Lipinski definition) is 3. The van der Waals surface area contributed by atoms with Gasteiger partial charge in [-0.1, -0.05) is 19.8 Å². The Morgan fingerprint density at radius 1 is 1.32 bits per heavy atom. The molecule has 0 bridgehead atoms. The number of carboxylic acid groups (broad SMARTS) is 1. The van der Waals surface area contributed by atoms with Crippen molar-refractivity contribution in [2.75, 3.05) is 0 Å². The summed E-state index contributed by atoms with van der Waals surface area (Å²) >= 11 is 0. The van der Waals surface area contributed by atoms with Crippen molar-refractivity contribution >= 4 is 5.97 Å². The molecule has 0 radical (unpaired) electrons. The third-order valence-electron chi connectivity index (χ3n) is 6.00. The number of fused-ring (bicyclic) bond motifs is 1. The molecule has 2 aliphatic carbocycles. The molecule has 1 saturated heterocycles. The first-order valence-electron chi connectivity index (χ1n) is 8.70. The Kier molecular flexibility index (Phi) is 3.52. The molecule has 0 aromatic carbocycles. The highest BCUT2D eigenvalue weighted by atomic mass is 16.4. The molecule has 3 fully saturated rings. The maximum atomic E-state index is 11.6. The van der Waals surface area contributed by atoms with E-state index >= 15 is 0 Å². The number of nitrogens with zero attached hydrogens (tertiary/aromatic N) is 1. The van der Waals surface area contributed by atoms with Crippen LogP contribution in [-0.4, -0.2) is 28.1 Å². The van der Waals surface area contributed by atoms with Crippen molar-refractivity contribution in [2.24, 2.45) is 11.8 Å². The minimum Gasteiger partial charge on any atom is -0.480 e. The van der Waals surface area contributed by atoms with E-state index < -0.39 is 5.97 Å². The van der Waals surface area contributed by atoms with Crippen LogP contribution in [0.3, 0.4) is 0 Å². The van der Waals surface area contributed by atoms with Gasteiger partial charge in [-0.2, -0.15) is 0 Å². The molecule has 2 heterocycles. The number of hydrogen-bond donors (Lipinski definition) is 1. The number of carboxylic acids is 1. The lowest BCUT2D eigenvalue weighted by Gasteiger charge is -2.32. The summed E-state index contributed by atoms with van der Waals surface area (Å²) in [5.74, 6) is 3.25. The van der Waals surface area contributed by atoms with E-state index in [1.165, 1.54) is 25.7 Å². The molecule has 1 N–H and O–H groups in total. The van der Waals surface area contributed by atoms with Gasteiger partial charge in [0.25, 0.3) is 0 Å². The van der Waals surface area contributed by atoms with E-state index in [2.05, 4.69) is 24.0 Å². The van der Waals surface area contributed by atoms with Crippen LogP contribution < -0.4 is 0 Å². The van der Waals surface area contributed by atoms with Crippen LogP contribution >= 0.6 is 0 Å². The van der Waals surface area contributed by atoms with Gasteiger partial charge in [0.15, 0.2) is 0 Å². The summed E-state index contributed by atoms with van der Waals surface area (Å²) in [6.07, 6.45) is 6.85. The smallest absolute Gasteiger partial charge is 0.320 e. The highest BCUT2D eigenvalue weighted by molar-refractivity contribution is 5.74. The fourth-order valence-electron chi connectivity index (χ4n) is 4.60. The molecule has 22 heavy (non-hydrogen) atoms. The molecule has 0 amide bonds. The van der Waals surface area contributed by atoms with Crippen molar-refractivity contribution in [3.63, 3.8) is 0 Å². The zero-order valence-electron chi connectivity index (χ0n) is 13.2. The van der Waals surface area contributed by atoms with Gasteiger partial charge in [0, 0.05) is 12.0 Å². The lowest BCUT2D eigenvalue weighted by atomic mass is 9.85. The number of likely N-dealkylation sites (tertiary alicyclic amines) is 1. The molecule has 1 aromatic heterocycles. The summed E-state index contributed by atoms with van der Waals surface area (Å²) < 4.78 is 6.01. The van der Waals surface area contributed by atoms with E-state index in [0.29, 0.717) is 24.4 Å². The van der Waals surface area contributed by atoms with Crippen molar-refractivity contribution < 1.29 is 14.3 Å². The van der Waals surface area contributed by atoms with Gasteiger partial charge in [0.1, 0.15) is 17.6 Å². The molecule has 5 unspecified atom stereocenters. The molecule has 4 heteroatoms. The van der Waals surface area contributed by atoms with Crippen molar-refractivity contribution in [1.29, 1.82) is 0 Å². The van der Waals surface area contributed by atoms with Gasteiger partial charge in [0.05, 0.1) is 6.54 Å². The zero-order chi connectivity index (χ0) is 15.3.